The molecule has 2 nitrogen and oxygen atoms in total. The molecule has 0 saturated heterocycles. The van der Waals surface area contributed by atoms with Crippen molar-refractivity contribution in [3.63, 3.8) is 0 Å². The molecule has 26 heavy (non-hydrogen) atoms. The van der Waals surface area contributed by atoms with Crippen LogP contribution in [0.25, 0.3) is 0 Å². The lowest BCUT2D eigenvalue weighted by Crippen LogP contribution is -2.24. The number of aromatic nitrogens is 2. The quantitative estimate of drug-likeness (QED) is 0.697. The molecule has 2 atom stereocenters. The normalized spacial score (nSPS) is 27.2. The van der Waals surface area contributed by atoms with Crippen molar-refractivity contribution in [1.29, 1.82) is 0 Å². The number of fused-ring (bicyclic) bond motifs is 2. The molecule has 2 heteroatoms. The smallest absolute Gasteiger partial charge is 0.0497 e. The Labute approximate surface area is 158 Å². The lowest BCUT2D eigenvalue weighted by molar-refractivity contribution is 0.328. The molecule has 0 spiro atoms. The summed E-state index contributed by atoms with van der Waals surface area (Å²) in [5, 5.41) is 0. The second-order valence-electron chi connectivity index (χ2n) is 10.5. The molecule has 4 rings (SSSR count). The first-order valence-electron chi connectivity index (χ1n) is 9.98. The predicted octanol–water partition coefficient (Wildman–Crippen LogP) is 5.69. The van der Waals surface area contributed by atoms with Gasteiger partial charge in [0.2, 0.25) is 0 Å². The fraction of sp³-hybridized carbons (Fsp3) is 0.583. The summed E-state index contributed by atoms with van der Waals surface area (Å²) in [6.45, 7) is 16.6. The van der Waals surface area contributed by atoms with Crippen LogP contribution in [0.15, 0.2) is 30.7 Å². The summed E-state index contributed by atoms with van der Waals surface area (Å²) in [5.74, 6) is 1.12. The van der Waals surface area contributed by atoms with E-state index in [1.54, 1.807) is 0 Å². The number of hydrogen-bond donors (Lipinski definition) is 0. The van der Waals surface area contributed by atoms with Gasteiger partial charge in [0.15, 0.2) is 0 Å². The van der Waals surface area contributed by atoms with Crippen molar-refractivity contribution in [2.45, 2.75) is 83.5 Å². The van der Waals surface area contributed by atoms with E-state index in [2.05, 4.69) is 78.0 Å². The Bertz CT molecular complexity index is 860. The summed E-state index contributed by atoms with van der Waals surface area (Å²) < 4.78 is 0. The molecule has 0 fully saturated rings. The van der Waals surface area contributed by atoms with E-state index in [0.717, 1.165) is 6.42 Å². The zero-order chi connectivity index (χ0) is 18.9. The summed E-state index contributed by atoms with van der Waals surface area (Å²) in [6.07, 6.45) is 8.40. The Morgan fingerprint density at radius 2 is 1.73 bits per heavy atom. The molecule has 2 aromatic rings. The van der Waals surface area contributed by atoms with Crippen molar-refractivity contribution in [3.05, 3.63) is 58.7 Å². The largest absolute Gasteiger partial charge is 0.264 e. The van der Waals surface area contributed by atoms with Crippen LogP contribution in [0.1, 0.15) is 88.8 Å². The first-order chi connectivity index (χ1) is 12.0. The molecule has 0 unspecified atom stereocenters. The molecule has 2 aliphatic carbocycles. The molecule has 138 valence electrons. The van der Waals surface area contributed by atoms with Crippen molar-refractivity contribution in [2.24, 2.45) is 5.92 Å². The molecule has 0 aliphatic heterocycles. The maximum absolute atomic E-state index is 4.95. The summed E-state index contributed by atoms with van der Waals surface area (Å²) in [4.78, 5) is 9.38. The monoisotopic (exact) mass is 348 g/mol. The van der Waals surface area contributed by atoms with E-state index in [1.165, 1.54) is 34.4 Å². The van der Waals surface area contributed by atoms with Crippen molar-refractivity contribution >= 4 is 0 Å². The van der Waals surface area contributed by atoms with Gasteiger partial charge in [-0.25, -0.2) is 0 Å². The molecule has 0 amide bonds. The fourth-order valence-electron chi connectivity index (χ4n) is 5.81. The van der Waals surface area contributed by atoms with Gasteiger partial charge in [0, 0.05) is 29.7 Å². The molecule has 2 heterocycles. The van der Waals surface area contributed by atoms with Gasteiger partial charge in [-0.15, -0.1) is 0 Å². The summed E-state index contributed by atoms with van der Waals surface area (Å²) in [7, 11) is 0. The van der Waals surface area contributed by atoms with E-state index in [9.17, 15) is 0 Å². The van der Waals surface area contributed by atoms with Crippen LogP contribution in [-0.4, -0.2) is 9.97 Å². The lowest BCUT2D eigenvalue weighted by Gasteiger charge is -2.28. The summed E-state index contributed by atoms with van der Waals surface area (Å²) in [6, 6.07) is 4.67. The molecular weight excluding hydrogens is 316 g/mol. The summed E-state index contributed by atoms with van der Waals surface area (Å²) in [5.41, 5.74) is 7.63. The van der Waals surface area contributed by atoms with Crippen molar-refractivity contribution in [2.75, 3.05) is 0 Å². The van der Waals surface area contributed by atoms with E-state index < -0.39 is 0 Å². The molecule has 0 N–H and O–H groups in total. The number of hydrogen-bond acceptors (Lipinski definition) is 2. The highest BCUT2D eigenvalue weighted by Gasteiger charge is 2.45. The standard InChI is InChI=1S/C24H32N2/c1-15-17(18-13-25-9-8-19(18)24(15,6)7)10-16-11-20-21(26-12-16)23(4,5)14-22(20,2)3/h8-9,11-13,15,17H,10,14H2,1-7H3/t15-,17+/m0/s1. The van der Waals surface area contributed by atoms with Gasteiger partial charge in [-0.3, -0.25) is 9.97 Å². The van der Waals surface area contributed by atoms with Gasteiger partial charge in [-0.1, -0.05) is 54.5 Å². The Kier molecular flexibility index (Phi) is 3.68. The second-order valence-corrected chi connectivity index (χ2v) is 10.5. The number of pyridine rings is 2. The van der Waals surface area contributed by atoms with Gasteiger partial charge in [0.1, 0.15) is 0 Å². The number of rotatable bonds is 2. The van der Waals surface area contributed by atoms with Gasteiger partial charge >= 0.3 is 0 Å². The predicted molar refractivity (Wildman–Crippen MR) is 108 cm³/mol. The minimum Gasteiger partial charge on any atom is -0.264 e. The first kappa shape index (κ1) is 17.7. The van der Waals surface area contributed by atoms with Crippen LogP contribution in [0, 0.1) is 5.92 Å². The van der Waals surface area contributed by atoms with E-state index in [4.69, 9.17) is 4.98 Å². The average molecular weight is 349 g/mol. The Morgan fingerprint density at radius 1 is 1.00 bits per heavy atom. The van der Waals surface area contributed by atoms with Crippen LogP contribution >= 0.6 is 0 Å². The minimum absolute atomic E-state index is 0.177. The van der Waals surface area contributed by atoms with E-state index in [-0.39, 0.29) is 16.2 Å². The average Bonchev–Trinajstić information content (AvgIpc) is 2.87. The van der Waals surface area contributed by atoms with Crippen molar-refractivity contribution in [1.82, 2.24) is 9.97 Å². The van der Waals surface area contributed by atoms with E-state index in [0.29, 0.717) is 11.8 Å². The Hall–Kier alpha value is -1.70. The Balaban J connectivity index is 1.72. The topological polar surface area (TPSA) is 25.8 Å². The zero-order valence-electron chi connectivity index (χ0n) is 17.4. The van der Waals surface area contributed by atoms with Gasteiger partial charge in [-0.05, 0) is 63.8 Å². The molecule has 2 aromatic heterocycles. The van der Waals surface area contributed by atoms with Crippen LogP contribution in [0.5, 0.6) is 0 Å². The van der Waals surface area contributed by atoms with Crippen LogP contribution in [-0.2, 0) is 22.7 Å². The van der Waals surface area contributed by atoms with Crippen LogP contribution in [0.2, 0.25) is 0 Å². The highest BCUT2D eigenvalue weighted by molar-refractivity contribution is 5.45. The maximum atomic E-state index is 4.95. The van der Waals surface area contributed by atoms with Crippen LogP contribution in [0.3, 0.4) is 0 Å². The molecular formula is C24H32N2. The van der Waals surface area contributed by atoms with Crippen LogP contribution in [0.4, 0.5) is 0 Å². The first-order valence-corrected chi connectivity index (χ1v) is 9.98. The number of nitrogens with zero attached hydrogens (tertiary/aromatic N) is 2. The highest BCUT2D eigenvalue weighted by atomic mass is 14.7. The molecule has 0 bridgehead atoms. The fourth-order valence-corrected chi connectivity index (χ4v) is 5.81. The van der Waals surface area contributed by atoms with Crippen molar-refractivity contribution < 1.29 is 0 Å². The second kappa shape index (κ2) is 5.41. The van der Waals surface area contributed by atoms with Gasteiger partial charge in [0.25, 0.3) is 0 Å². The third-order valence-electron chi connectivity index (χ3n) is 7.34. The molecule has 0 aromatic carbocycles. The Morgan fingerprint density at radius 3 is 2.46 bits per heavy atom. The third kappa shape index (κ3) is 2.45. The van der Waals surface area contributed by atoms with Crippen molar-refractivity contribution in [3.8, 4) is 0 Å². The zero-order valence-corrected chi connectivity index (χ0v) is 17.4. The molecule has 0 saturated carbocycles. The SMILES string of the molecule is C[C@H]1[C@@H](Cc2cnc3c(c2)C(C)(C)CC3(C)C)c2cnccc2C1(C)C. The lowest BCUT2D eigenvalue weighted by atomic mass is 9.76. The maximum Gasteiger partial charge on any atom is 0.0497 e. The highest BCUT2D eigenvalue weighted by Crippen LogP contribution is 2.52. The molecule has 2 aliphatic rings. The van der Waals surface area contributed by atoms with Gasteiger partial charge in [0.05, 0.1) is 0 Å². The third-order valence-corrected chi connectivity index (χ3v) is 7.34. The van der Waals surface area contributed by atoms with E-state index in [1.807, 2.05) is 6.20 Å². The van der Waals surface area contributed by atoms with Gasteiger partial charge < -0.3 is 0 Å². The van der Waals surface area contributed by atoms with E-state index >= 15 is 0 Å². The molecule has 0 radical (unpaired) electrons. The van der Waals surface area contributed by atoms with Crippen LogP contribution < -0.4 is 0 Å². The summed E-state index contributed by atoms with van der Waals surface area (Å²) >= 11 is 0. The van der Waals surface area contributed by atoms with Gasteiger partial charge in [-0.2, -0.15) is 0 Å². The minimum atomic E-state index is 0.177.